The molecule has 0 saturated carbocycles. The molecule has 2 aliphatic rings. The van der Waals surface area contributed by atoms with Crippen LogP contribution in [0.1, 0.15) is 19.8 Å². The lowest BCUT2D eigenvalue weighted by atomic mass is 10.2. The van der Waals surface area contributed by atoms with Gasteiger partial charge in [-0.3, -0.25) is 4.79 Å². The second-order valence-corrected chi connectivity index (χ2v) is 9.09. The van der Waals surface area contributed by atoms with Crippen molar-refractivity contribution in [1.29, 1.82) is 0 Å². The highest BCUT2D eigenvalue weighted by Gasteiger charge is 2.32. The molecule has 1 amide bonds. The molecule has 2 atom stereocenters. The van der Waals surface area contributed by atoms with Gasteiger partial charge >= 0.3 is 0 Å². The molecule has 0 aromatic heterocycles. The van der Waals surface area contributed by atoms with Gasteiger partial charge in [-0.25, -0.2) is 13.6 Å². The third kappa shape index (κ3) is 5.49. The zero-order valence-corrected chi connectivity index (χ0v) is 16.6. The van der Waals surface area contributed by atoms with Gasteiger partial charge in [0.2, 0.25) is 10.0 Å². The number of rotatable bonds is 6. The molecule has 8 nitrogen and oxygen atoms in total. The van der Waals surface area contributed by atoms with E-state index in [4.69, 9.17) is 9.88 Å². The third-order valence-corrected chi connectivity index (χ3v) is 6.52. The van der Waals surface area contributed by atoms with Crippen LogP contribution in [0.3, 0.4) is 0 Å². The fourth-order valence-electron chi connectivity index (χ4n) is 3.85. The smallest absolute Gasteiger partial charge is 0.282 e. The normalized spacial score (nSPS) is 27.3. The first-order valence-corrected chi connectivity index (χ1v) is 11.1. The van der Waals surface area contributed by atoms with Crippen LogP contribution in [0, 0.1) is 0 Å². The van der Waals surface area contributed by atoms with Crippen LogP contribution in [-0.4, -0.2) is 65.8 Å². The molecule has 5 N–H and O–H groups in total. The van der Waals surface area contributed by atoms with Crippen LogP contribution >= 0.6 is 0 Å². The van der Waals surface area contributed by atoms with Crippen molar-refractivity contribution in [1.82, 2.24) is 0 Å². The first-order valence-electron chi connectivity index (χ1n) is 9.56. The molecule has 0 radical (unpaired) electrons. The minimum Gasteiger partial charge on any atom is -0.372 e. The van der Waals surface area contributed by atoms with Gasteiger partial charge in [-0.15, -0.1) is 0 Å². The summed E-state index contributed by atoms with van der Waals surface area (Å²) in [5.74, 6) is -0.0593. The lowest BCUT2D eigenvalue weighted by molar-refractivity contribution is -1.02. The predicted octanol–water partition coefficient (Wildman–Crippen LogP) is -2.38. The molecule has 1 aromatic carbocycles. The van der Waals surface area contributed by atoms with E-state index >= 15 is 0 Å². The molecule has 0 bridgehead atoms. The number of hydrogen-bond donors (Lipinski definition) is 4. The van der Waals surface area contributed by atoms with Crippen molar-refractivity contribution >= 4 is 21.6 Å². The Morgan fingerprint density at radius 1 is 1.26 bits per heavy atom. The molecule has 27 heavy (non-hydrogen) atoms. The number of quaternary nitrogens is 2. The standard InChI is InChI=1S/C18H28N4O4S/c1-14(18(23)20-15-4-6-17(7-5-15)27(19,24)25)22-10-8-21(9-11-22)13-16-3-2-12-26-16/h4-7,14,16H,2-3,8-13H2,1H3,(H,20,23)(H2,19,24,25)/p+2/t14-,16+/m1/s1. The summed E-state index contributed by atoms with van der Waals surface area (Å²) in [4.78, 5) is 15.4. The zero-order chi connectivity index (χ0) is 19.4. The maximum Gasteiger partial charge on any atom is 0.282 e. The summed E-state index contributed by atoms with van der Waals surface area (Å²) in [6.07, 6.45) is 2.75. The fraction of sp³-hybridized carbons (Fsp3) is 0.611. The number of nitrogens with one attached hydrogen (secondary N) is 3. The lowest BCUT2D eigenvalue weighted by Gasteiger charge is -2.33. The van der Waals surface area contributed by atoms with Gasteiger partial charge in [0.15, 0.2) is 6.04 Å². The maximum absolute atomic E-state index is 12.6. The average molecular weight is 399 g/mol. The van der Waals surface area contributed by atoms with E-state index in [-0.39, 0.29) is 16.8 Å². The number of sulfonamides is 1. The van der Waals surface area contributed by atoms with Gasteiger partial charge in [0, 0.05) is 12.3 Å². The van der Waals surface area contributed by atoms with E-state index in [2.05, 4.69) is 5.32 Å². The van der Waals surface area contributed by atoms with Gasteiger partial charge in [-0.05, 0) is 44.0 Å². The third-order valence-electron chi connectivity index (χ3n) is 5.60. The van der Waals surface area contributed by atoms with Gasteiger partial charge in [-0.2, -0.15) is 0 Å². The van der Waals surface area contributed by atoms with Gasteiger partial charge < -0.3 is 19.9 Å². The Morgan fingerprint density at radius 2 is 1.93 bits per heavy atom. The molecule has 150 valence electrons. The van der Waals surface area contributed by atoms with E-state index in [0.717, 1.165) is 39.3 Å². The van der Waals surface area contributed by atoms with Gasteiger partial charge in [0.1, 0.15) is 38.8 Å². The Hall–Kier alpha value is -1.52. The number of carbonyl (C=O) groups is 1. The van der Waals surface area contributed by atoms with Crippen LogP contribution in [0.5, 0.6) is 0 Å². The Bertz CT molecular complexity index is 739. The molecule has 9 heteroatoms. The summed E-state index contributed by atoms with van der Waals surface area (Å²) in [6, 6.07) is 5.75. The SMILES string of the molecule is C[C@H](C(=O)Nc1ccc(S(N)(=O)=O)cc1)[NH+]1CC[NH+](C[C@@H]2CCCO2)CC1. The number of anilines is 1. The minimum atomic E-state index is -3.72. The summed E-state index contributed by atoms with van der Waals surface area (Å²) < 4.78 is 28.3. The van der Waals surface area contributed by atoms with Crippen molar-refractivity contribution in [2.75, 3.05) is 44.6 Å². The molecule has 2 heterocycles. The molecule has 2 fully saturated rings. The largest absolute Gasteiger partial charge is 0.372 e. The highest BCUT2D eigenvalue weighted by molar-refractivity contribution is 7.89. The monoisotopic (exact) mass is 398 g/mol. The Balaban J connectivity index is 1.47. The number of ether oxygens (including phenoxy) is 1. The van der Waals surface area contributed by atoms with E-state index < -0.39 is 10.0 Å². The fourth-order valence-corrected chi connectivity index (χ4v) is 4.37. The summed E-state index contributed by atoms with van der Waals surface area (Å²) in [6.45, 7) is 7.93. The molecule has 0 unspecified atom stereocenters. The van der Waals surface area contributed by atoms with Crippen LogP contribution in [0.2, 0.25) is 0 Å². The average Bonchev–Trinajstić information content (AvgIpc) is 3.14. The van der Waals surface area contributed by atoms with Crippen LogP contribution in [0.25, 0.3) is 0 Å². The van der Waals surface area contributed by atoms with E-state index in [0.29, 0.717) is 11.8 Å². The number of primary sulfonamides is 1. The second-order valence-electron chi connectivity index (χ2n) is 7.53. The molecule has 0 spiro atoms. The van der Waals surface area contributed by atoms with Gasteiger partial charge in [0.05, 0.1) is 4.90 Å². The van der Waals surface area contributed by atoms with Crippen LogP contribution in [0.4, 0.5) is 5.69 Å². The number of piperazine rings is 1. The van der Waals surface area contributed by atoms with Gasteiger partial charge in [0.25, 0.3) is 5.91 Å². The van der Waals surface area contributed by atoms with Gasteiger partial charge in [-0.1, -0.05) is 0 Å². The first-order chi connectivity index (χ1) is 12.8. The Labute approximate surface area is 160 Å². The molecule has 2 aliphatic heterocycles. The molecular formula is C18H30N4O4S+2. The van der Waals surface area contributed by atoms with E-state index in [1.54, 1.807) is 17.0 Å². The highest BCUT2D eigenvalue weighted by Crippen LogP contribution is 2.12. The van der Waals surface area contributed by atoms with Crippen molar-refractivity contribution < 1.29 is 27.7 Å². The van der Waals surface area contributed by atoms with Crippen molar-refractivity contribution in [3.63, 3.8) is 0 Å². The zero-order valence-electron chi connectivity index (χ0n) is 15.7. The Morgan fingerprint density at radius 3 is 2.48 bits per heavy atom. The van der Waals surface area contributed by atoms with E-state index in [1.165, 1.54) is 29.9 Å². The lowest BCUT2D eigenvalue weighted by Crippen LogP contribution is -3.30. The highest BCUT2D eigenvalue weighted by atomic mass is 32.2. The van der Waals surface area contributed by atoms with Crippen molar-refractivity contribution in [2.45, 2.75) is 36.8 Å². The quantitative estimate of drug-likeness (QED) is 0.429. The maximum atomic E-state index is 12.6. The van der Waals surface area contributed by atoms with E-state index in [9.17, 15) is 13.2 Å². The molecule has 0 aliphatic carbocycles. The molecule has 3 rings (SSSR count). The van der Waals surface area contributed by atoms with E-state index in [1.807, 2.05) is 6.92 Å². The van der Waals surface area contributed by atoms with Crippen molar-refractivity contribution in [2.24, 2.45) is 5.14 Å². The number of carbonyl (C=O) groups excluding carboxylic acids is 1. The summed E-state index contributed by atoms with van der Waals surface area (Å²) in [5.41, 5.74) is 0.571. The van der Waals surface area contributed by atoms with Crippen molar-refractivity contribution in [3.8, 4) is 0 Å². The van der Waals surface area contributed by atoms with Crippen LogP contribution < -0.4 is 20.3 Å². The van der Waals surface area contributed by atoms with Crippen molar-refractivity contribution in [3.05, 3.63) is 24.3 Å². The van der Waals surface area contributed by atoms with Crippen LogP contribution in [0.15, 0.2) is 29.2 Å². The topological polar surface area (TPSA) is 107 Å². The summed E-state index contributed by atoms with van der Waals surface area (Å²) in [7, 11) is -3.72. The second kappa shape index (κ2) is 8.66. The number of amides is 1. The molecule has 2 saturated heterocycles. The first kappa shape index (κ1) is 20.2. The number of hydrogen-bond acceptors (Lipinski definition) is 4. The Kier molecular flexibility index (Phi) is 6.48. The van der Waals surface area contributed by atoms with Crippen LogP contribution in [-0.2, 0) is 19.6 Å². The minimum absolute atomic E-state index is 0.0320. The predicted molar refractivity (Wildman–Crippen MR) is 101 cm³/mol. The number of benzene rings is 1. The molecule has 1 aromatic rings. The number of nitrogens with two attached hydrogens (primary N) is 1. The molecular weight excluding hydrogens is 368 g/mol. The summed E-state index contributed by atoms with van der Waals surface area (Å²) in [5, 5.41) is 7.95. The summed E-state index contributed by atoms with van der Waals surface area (Å²) >= 11 is 0.